The lowest BCUT2D eigenvalue weighted by Gasteiger charge is -2.34. The van der Waals surface area contributed by atoms with Crippen LogP contribution in [0, 0.1) is 0 Å². The van der Waals surface area contributed by atoms with Crippen molar-refractivity contribution in [3.05, 3.63) is 54.5 Å². The Morgan fingerprint density at radius 1 is 1.30 bits per heavy atom. The highest BCUT2D eigenvalue weighted by atomic mass is 31.2. The minimum Gasteiger partial charge on any atom is -0.468 e. The van der Waals surface area contributed by atoms with E-state index in [1.165, 1.54) is 14.0 Å². The SMILES string of the molecule is COC(=O)[C@H](C)NP(=O)(OC[C@H]1O[C@@H](N2C=C(F)C(=O)NC2O)CC1O)Oc1cccc2ccccc12. The molecule has 1 fully saturated rings. The van der Waals surface area contributed by atoms with Crippen molar-refractivity contribution in [3.63, 3.8) is 0 Å². The zero-order valence-corrected chi connectivity index (χ0v) is 20.8. The van der Waals surface area contributed by atoms with Crippen LogP contribution in [-0.4, -0.2) is 71.5 Å². The summed E-state index contributed by atoms with van der Waals surface area (Å²) in [6.45, 7) is 0.960. The summed E-state index contributed by atoms with van der Waals surface area (Å²) in [6.07, 6.45) is -4.12. The largest absolute Gasteiger partial charge is 0.468 e. The van der Waals surface area contributed by atoms with E-state index in [9.17, 15) is 28.8 Å². The number of aliphatic hydroxyl groups is 2. The maximum atomic E-state index is 13.8. The fraction of sp³-hybridized carbons (Fsp3) is 0.391. The highest BCUT2D eigenvalue weighted by Crippen LogP contribution is 2.47. The Labute approximate surface area is 211 Å². The number of ether oxygens (including phenoxy) is 2. The van der Waals surface area contributed by atoms with Crippen molar-refractivity contribution in [2.45, 2.75) is 44.2 Å². The molecule has 6 atom stereocenters. The molecular weight excluding hydrogens is 512 g/mol. The molecule has 3 unspecified atom stereocenters. The molecule has 0 aromatic heterocycles. The Hall–Kier alpha value is -3.06. The number of fused-ring (bicyclic) bond motifs is 1. The zero-order chi connectivity index (χ0) is 26.7. The number of nitrogens with zero attached hydrogens (tertiary/aromatic N) is 1. The molecule has 200 valence electrons. The minimum atomic E-state index is -4.26. The number of carbonyl (C=O) groups excluding carboxylic acids is 2. The van der Waals surface area contributed by atoms with Gasteiger partial charge >= 0.3 is 13.7 Å². The van der Waals surface area contributed by atoms with Crippen LogP contribution in [0.25, 0.3) is 10.8 Å². The van der Waals surface area contributed by atoms with Gasteiger partial charge in [0.15, 0.2) is 0 Å². The molecule has 37 heavy (non-hydrogen) atoms. The van der Waals surface area contributed by atoms with Crippen molar-refractivity contribution < 1.29 is 47.3 Å². The first-order valence-electron chi connectivity index (χ1n) is 11.3. The number of rotatable bonds is 9. The third-order valence-electron chi connectivity index (χ3n) is 5.84. The molecule has 0 spiro atoms. The number of hydrogen-bond acceptors (Lipinski definition) is 10. The highest BCUT2D eigenvalue weighted by molar-refractivity contribution is 7.52. The second-order valence-electron chi connectivity index (χ2n) is 8.44. The quantitative estimate of drug-likeness (QED) is 0.271. The number of aliphatic hydroxyl groups excluding tert-OH is 2. The van der Waals surface area contributed by atoms with Gasteiger partial charge in [0.25, 0.3) is 5.91 Å². The Kier molecular flexibility index (Phi) is 8.12. The maximum Gasteiger partial charge on any atom is 0.459 e. The van der Waals surface area contributed by atoms with Crippen LogP contribution < -0.4 is 14.9 Å². The zero-order valence-electron chi connectivity index (χ0n) is 19.9. The van der Waals surface area contributed by atoms with Gasteiger partial charge in [0.05, 0.1) is 19.8 Å². The number of hydrogen-bond donors (Lipinski definition) is 4. The van der Waals surface area contributed by atoms with Gasteiger partial charge in [0.2, 0.25) is 12.2 Å². The van der Waals surface area contributed by atoms with Gasteiger partial charge in [0.1, 0.15) is 24.1 Å². The maximum absolute atomic E-state index is 13.8. The summed E-state index contributed by atoms with van der Waals surface area (Å²) >= 11 is 0. The van der Waals surface area contributed by atoms with Gasteiger partial charge in [-0.15, -0.1) is 0 Å². The molecule has 2 aromatic carbocycles. The third kappa shape index (κ3) is 6.09. The molecule has 2 heterocycles. The van der Waals surface area contributed by atoms with Crippen LogP contribution in [0.4, 0.5) is 4.39 Å². The molecule has 0 radical (unpaired) electrons. The van der Waals surface area contributed by atoms with Crippen LogP contribution in [0.5, 0.6) is 5.75 Å². The topological polar surface area (TPSA) is 156 Å². The van der Waals surface area contributed by atoms with Crippen molar-refractivity contribution in [2.75, 3.05) is 13.7 Å². The molecule has 2 aromatic rings. The number of amides is 1. The number of methoxy groups -OCH3 is 1. The van der Waals surface area contributed by atoms with Crippen LogP contribution >= 0.6 is 7.75 Å². The Morgan fingerprint density at radius 2 is 2.03 bits per heavy atom. The molecule has 14 heteroatoms. The predicted octanol–water partition coefficient (Wildman–Crippen LogP) is 1.49. The number of esters is 1. The Morgan fingerprint density at radius 3 is 2.78 bits per heavy atom. The van der Waals surface area contributed by atoms with Crippen LogP contribution in [0.1, 0.15) is 13.3 Å². The number of benzene rings is 2. The summed E-state index contributed by atoms with van der Waals surface area (Å²) in [5.74, 6) is -2.71. The summed E-state index contributed by atoms with van der Waals surface area (Å²) in [6, 6.07) is 11.3. The van der Waals surface area contributed by atoms with Gasteiger partial charge < -0.3 is 34.4 Å². The van der Waals surface area contributed by atoms with Crippen LogP contribution in [0.2, 0.25) is 0 Å². The van der Waals surface area contributed by atoms with Gasteiger partial charge in [-0.2, -0.15) is 9.48 Å². The number of halogens is 1. The first kappa shape index (κ1) is 27.0. The van der Waals surface area contributed by atoms with Gasteiger partial charge in [-0.25, -0.2) is 4.57 Å². The predicted molar refractivity (Wildman–Crippen MR) is 127 cm³/mol. The van der Waals surface area contributed by atoms with Gasteiger partial charge in [-0.1, -0.05) is 36.4 Å². The standard InChI is InChI=1S/C23H27FN3O9P/c1-13(22(30)33-2)26-37(32,36-18-9-5-7-14-6-3-4-8-15(14)18)34-12-19-17(28)10-20(35-19)27-11-16(24)21(29)25-23(27)31/h3-9,11,13,17,19-20,23,28,31H,10,12H2,1-2H3,(H,25,29)(H,26,32)/t13-,17?,19+,20+,23?,37?/m0/s1. The van der Waals surface area contributed by atoms with Crippen LogP contribution in [0.3, 0.4) is 0 Å². The summed E-state index contributed by atoms with van der Waals surface area (Å²) in [5.41, 5.74) is 0. The average molecular weight is 539 g/mol. The van der Waals surface area contributed by atoms with Gasteiger partial charge in [-0.05, 0) is 18.4 Å². The number of nitrogens with one attached hydrogen (secondary N) is 2. The van der Waals surface area contributed by atoms with E-state index < -0.39 is 62.9 Å². The van der Waals surface area contributed by atoms with Crippen molar-refractivity contribution in [1.82, 2.24) is 15.3 Å². The molecule has 12 nitrogen and oxygen atoms in total. The molecule has 1 amide bonds. The lowest BCUT2D eigenvalue weighted by atomic mass is 10.1. The second-order valence-corrected chi connectivity index (χ2v) is 10.1. The van der Waals surface area contributed by atoms with E-state index in [1.807, 2.05) is 23.5 Å². The van der Waals surface area contributed by atoms with E-state index in [0.717, 1.165) is 16.5 Å². The third-order valence-corrected chi connectivity index (χ3v) is 7.47. The summed E-state index contributed by atoms with van der Waals surface area (Å²) in [7, 11) is -3.09. The van der Waals surface area contributed by atoms with Gasteiger partial charge in [0, 0.05) is 18.0 Å². The molecule has 0 aliphatic carbocycles. The van der Waals surface area contributed by atoms with Crippen LogP contribution in [-0.2, 0) is 28.2 Å². The van der Waals surface area contributed by atoms with E-state index in [4.69, 9.17) is 13.8 Å². The monoisotopic (exact) mass is 539 g/mol. The fourth-order valence-corrected chi connectivity index (χ4v) is 5.46. The van der Waals surface area contributed by atoms with Gasteiger partial charge in [-0.3, -0.25) is 14.1 Å². The van der Waals surface area contributed by atoms with E-state index in [1.54, 1.807) is 24.3 Å². The first-order valence-corrected chi connectivity index (χ1v) is 12.9. The van der Waals surface area contributed by atoms with E-state index in [2.05, 4.69) is 9.82 Å². The van der Waals surface area contributed by atoms with Crippen molar-refractivity contribution in [2.24, 2.45) is 0 Å². The van der Waals surface area contributed by atoms with E-state index >= 15 is 0 Å². The summed E-state index contributed by atoms with van der Waals surface area (Å²) in [4.78, 5) is 24.3. The van der Waals surface area contributed by atoms with E-state index in [-0.39, 0.29) is 12.2 Å². The van der Waals surface area contributed by atoms with E-state index in [0.29, 0.717) is 5.39 Å². The highest BCUT2D eigenvalue weighted by Gasteiger charge is 2.42. The summed E-state index contributed by atoms with van der Waals surface area (Å²) in [5, 5.41) is 26.5. The molecule has 2 aliphatic heterocycles. The van der Waals surface area contributed by atoms with Crippen molar-refractivity contribution in [1.29, 1.82) is 0 Å². The summed E-state index contributed by atoms with van der Waals surface area (Å²) < 4.78 is 49.3. The molecule has 0 bridgehead atoms. The van der Waals surface area contributed by atoms with Crippen LogP contribution in [0.15, 0.2) is 54.5 Å². The molecule has 0 saturated carbocycles. The molecule has 4 N–H and O–H groups in total. The van der Waals surface area contributed by atoms with Crippen molar-refractivity contribution >= 4 is 30.4 Å². The molecule has 2 aliphatic rings. The fourth-order valence-electron chi connectivity index (χ4n) is 3.94. The average Bonchev–Trinajstić information content (AvgIpc) is 3.24. The van der Waals surface area contributed by atoms with Crippen molar-refractivity contribution in [3.8, 4) is 5.75 Å². The molecule has 4 rings (SSSR count). The molecule has 1 saturated heterocycles. The Bertz CT molecular complexity index is 1240. The lowest BCUT2D eigenvalue weighted by molar-refractivity contribution is -0.145. The smallest absolute Gasteiger partial charge is 0.459 e. The number of carbonyl (C=O) groups is 2. The second kappa shape index (κ2) is 11.1. The lowest BCUT2D eigenvalue weighted by Crippen LogP contribution is -2.53. The molecular formula is C23H27FN3O9P. The normalized spacial score (nSPS) is 26.2. The minimum absolute atomic E-state index is 0.0782. The Balaban J connectivity index is 1.51. The first-order chi connectivity index (χ1) is 17.6.